The molecule has 2 N–H and O–H groups in total. The molecule has 1 heterocycles. The van der Waals surface area contributed by atoms with Crippen molar-refractivity contribution in [2.75, 3.05) is 6.54 Å². The van der Waals surface area contributed by atoms with Gasteiger partial charge in [0, 0.05) is 18.5 Å². The van der Waals surface area contributed by atoms with Gasteiger partial charge in [0.1, 0.15) is 0 Å². The van der Waals surface area contributed by atoms with Gasteiger partial charge in [0.25, 0.3) is 0 Å². The number of hydrogen-bond donors (Lipinski definition) is 1. The van der Waals surface area contributed by atoms with Crippen LogP contribution < -0.4 is 5.73 Å². The molecule has 98 valence electrons. The highest BCUT2D eigenvalue weighted by molar-refractivity contribution is 5.80. The van der Waals surface area contributed by atoms with Crippen molar-refractivity contribution in [3.05, 3.63) is 0 Å². The lowest BCUT2D eigenvalue weighted by Crippen LogP contribution is -2.62. The van der Waals surface area contributed by atoms with Gasteiger partial charge in [0.05, 0.1) is 5.54 Å². The first-order valence-electron chi connectivity index (χ1n) is 7.10. The van der Waals surface area contributed by atoms with Crippen molar-refractivity contribution >= 4 is 5.91 Å². The van der Waals surface area contributed by atoms with E-state index in [0.717, 1.165) is 32.2 Å². The van der Waals surface area contributed by atoms with E-state index in [1.807, 2.05) is 0 Å². The Morgan fingerprint density at radius 1 is 1.12 bits per heavy atom. The van der Waals surface area contributed by atoms with Crippen LogP contribution in [0.4, 0.5) is 0 Å². The molecule has 0 aromatic rings. The summed E-state index contributed by atoms with van der Waals surface area (Å²) in [5.74, 6) is 0.637. The van der Waals surface area contributed by atoms with E-state index in [-0.39, 0.29) is 17.5 Å². The summed E-state index contributed by atoms with van der Waals surface area (Å²) in [5.41, 5.74) is 6.02. The van der Waals surface area contributed by atoms with Gasteiger partial charge in [-0.25, -0.2) is 0 Å². The second-order valence-corrected chi connectivity index (χ2v) is 6.23. The molecule has 2 rings (SSSR count). The third-order valence-corrected chi connectivity index (χ3v) is 4.72. The van der Waals surface area contributed by atoms with Crippen molar-refractivity contribution in [1.82, 2.24) is 4.90 Å². The molecule has 1 unspecified atom stereocenters. The summed E-state index contributed by atoms with van der Waals surface area (Å²) in [6.45, 7) is 5.14. The molecule has 0 aromatic heterocycles. The van der Waals surface area contributed by atoms with Crippen LogP contribution in [-0.2, 0) is 4.79 Å². The summed E-state index contributed by atoms with van der Waals surface area (Å²) >= 11 is 0. The Bertz CT molecular complexity index is 282. The normalized spacial score (nSPS) is 30.3. The maximum absolute atomic E-state index is 12.6. The Hall–Kier alpha value is -0.570. The van der Waals surface area contributed by atoms with E-state index in [0.29, 0.717) is 5.91 Å². The number of carbonyl (C=O) groups excluding carboxylic acids is 1. The molecular weight excluding hydrogens is 212 g/mol. The molecule has 3 heteroatoms. The molecule has 2 fully saturated rings. The van der Waals surface area contributed by atoms with Crippen LogP contribution in [0.5, 0.6) is 0 Å². The quantitative estimate of drug-likeness (QED) is 0.762. The van der Waals surface area contributed by atoms with Crippen molar-refractivity contribution in [3.8, 4) is 0 Å². The lowest BCUT2D eigenvalue weighted by atomic mass is 9.82. The van der Waals surface area contributed by atoms with E-state index in [1.54, 1.807) is 0 Å². The molecule has 1 aliphatic heterocycles. The zero-order valence-electron chi connectivity index (χ0n) is 11.2. The first-order valence-corrected chi connectivity index (χ1v) is 7.10. The second kappa shape index (κ2) is 4.97. The van der Waals surface area contributed by atoms with Crippen molar-refractivity contribution in [2.24, 2.45) is 11.7 Å². The van der Waals surface area contributed by atoms with Gasteiger partial charge < -0.3 is 10.6 Å². The second-order valence-electron chi connectivity index (χ2n) is 6.23. The van der Waals surface area contributed by atoms with Crippen LogP contribution in [0.3, 0.4) is 0 Å². The fourth-order valence-electron chi connectivity index (χ4n) is 3.27. The van der Waals surface area contributed by atoms with E-state index in [4.69, 9.17) is 5.73 Å². The minimum Gasteiger partial charge on any atom is -0.336 e. The number of likely N-dealkylation sites (tertiary alicyclic amines) is 1. The number of nitrogens with zero attached hydrogens (tertiary/aromatic N) is 1. The van der Waals surface area contributed by atoms with Gasteiger partial charge >= 0.3 is 0 Å². The Morgan fingerprint density at radius 3 is 2.41 bits per heavy atom. The Morgan fingerprint density at radius 2 is 1.76 bits per heavy atom. The molecular formula is C14H26N2O. The van der Waals surface area contributed by atoms with E-state index in [2.05, 4.69) is 18.7 Å². The highest BCUT2D eigenvalue weighted by Gasteiger charge is 2.41. The van der Waals surface area contributed by atoms with Crippen molar-refractivity contribution in [3.63, 3.8) is 0 Å². The molecule has 0 bridgehead atoms. The fourth-order valence-corrected chi connectivity index (χ4v) is 3.27. The van der Waals surface area contributed by atoms with Crippen LogP contribution in [-0.4, -0.2) is 28.9 Å². The lowest BCUT2D eigenvalue weighted by molar-refractivity contribution is -0.144. The summed E-state index contributed by atoms with van der Waals surface area (Å²) in [6, 6.07) is 0.129. The van der Waals surface area contributed by atoms with E-state index >= 15 is 0 Å². The van der Waals surface area contributed by atoms with Crippen LogP contribution in [0.25, 0.3) is 0 Å². The SMILES string of the molecule is CC1(C)C(N)CCCN1C(=O)C1CCCCC1. The maximum atomic E-state index is 12.6. The Balaban J connectivity index is 2.06. The van der Waals surface area contributed by atoms with Crippen molar-refractivity contribution in [1.29, 1.82) is 0 Å². The summed E-state index contributed by atoms with van der Waals surface area (Å²) in [5, 5.41) is 0. The highest BCUT2D eigenvalue weighted by atomic mass is 16.2. The van der Waals surface area contributed by atoms with Gasteiger partial charge in [-0.3, -0.25) is 4.79 Å². The van der Waals surface area contributed by atoms with E-state index < -0.39 is 0 Å². The van der Waals surface area contributed by atoms with E-state index in [9.17, 15) is 4.79 Å². The highest BCUT2D eigenvalue weighted by Crippen LogP contribution is 2.32. The van der Waals surface area contributed by atoms with Gasteiger partial charge in [-0.2, -0.15) is 0 Å². The Labute approximate surface area is 105 Å². The molecule has 3 nitrogen and oxygen atoms in total. The smallest absolute Gasteiger partial charge is 0.226 e. The minimum absolute atomic E-state index is 0.129. The van der Waals surface area contributed by atoms with Crippen LogP contribution in [0.2, 0.25) is 0 Å². The first kappa shape index (κ1) is 12.9. The largest absolute Gasteiger partial charge is 0.336 e. The van der Waals surface area contributed by atoms with Gasteiger partial charge in [0.2, 0.25) is 5.91 Å². The standard InChI is InChI=1S/C14H26N2O/c1-14(2)12(15)9-6-10-16(14)13(17)11-7-4-3-5-8-11/h11-12H,3-10,15H2,1-2H3. The first-order chi connectivity index (χ1) is 8.03. The molecule has 0 radical (unpaired) electrons. The molecule has 1 aliphatic carbocycles. The molecule has 0 aromatic carbocycles. The van der Waals surface area contributed by atoms with Crippen LogP contribution in [0, 0.1) is 5.92 Å². The number of piperidine rings is 1. The summed E-state index contributed by atoms with van der Waals surface area (Å²) < 4.78 is 0. The van der Waals surface area contributed by atoms with Gasteiger partial charge in [0.15, 0.2) is 0 Å². The summed E-state index contributed by atoms with van der Waals surface area (Å²) in [6.07, 6.45) is 8.01. The average molecular weight is 238 g/mol. The molecule has 0 spiro atoms. The van der Waals surface area contributed by atoms with Gasteiger partial charge in [-0.05, 0) is 39.5 Å². The molecule has 1 saturated carbocycles. The average Bonchev–Trinajstić information content (AvgIpc) is 2.33. The molecule has 1 amide bonds. The molecule has 1 atom stereocenters. The monoisotopic (exact) mass is 238 g/mol. The maximum Gasteiger partial charge on any atom is 0.226 e. The van der Waals surface area contributed by atoms with Crippen molar-refractivity contribution in [2.45, 2.75) is 70.4 Å². The third-order valence-electron chi connectivity index (χ3n) is 4.72. The predicted octanol–water partition coefficient (Wildman–Crippen LogP) is 2.29. The Kier molecular flexibility index (Phi) is 3.76. The zero-order valence-corrected chi connectivity index (χ0v) is 11.2. The number of amides is 1. The third kappa shape index (κ3) is 2.49. The van der Waals surface area contributed by atoms with Crippen LogP contribution in [0.1, 0.15) is 58.8 Å². The lowest BCUT2D eigenvalue weighted by Gasteiger charge is -2.48. The number of carbonyl (C=O) groups is 1. The number of nitrogens with two attached hydrogens (primary N) is 1. The minimum atomic E-state index is -0.160. The van der Waals surface area contributed by atoms with E-state index in [1.165, 1.54) is 19.3 Å². The zero-order chi connectivity index (χ0) is 12.5. The van der Waals surface area contributed by atoms with Gasteiger partial charge in [-0.1, -0.05) is 19.3 Å². The van der Waals surface area contributed by atoms with Crippen LogP contribution >= 0.6 is 0 Å². The number of rotatable bonds is 1. The molecule has 17 heavy (non-hydrogen) atoms. The number of hydrogen-bond acceptors (Lipinski definition) is 2. The topological polar surface area (TPSA) is 46.3 Å². The predicted molar refractivity (Wildman–Crippen MR) is 69.6 cm³/mol. The summed E-state index contributed by atoms with van der Waals surface area (Å²) in [4.78, 5) is 14.7. The fraction of sp³-hybridized carbons (Fsp3) is 0.929. The van der Waals surface area contributed by atoms with Crippen LogP contribution in [0.15, 0.2) is 0 Å². The molecule has 1 saturated heterocycles. The van der Waals surface area contributed by atoms with Crippen molar-refractivity contribution < 1.29 is 4.79 Å². The molecule has 2 aliphatic rings. The van der Waals surface area contributed by atoms with Gasteiger partial charge in [-0.15, -0.1) is 0 Å². The summed E-state index contributed by atoms with van der Waals surface area (Å²) in [7, 11) is 0.